The molecule has 0 radical (unpaired) electrons. The van der Waals surface area contributed by atoms with Crippen LogP contribution in [0.2, 0.25) is 0 Å². The molecule has 1 aliphatic heterocycles. The van der Waals surface area contributed by atoms with Crippen molar-refractivity contribution < 1.29 is 4.74 Å². The van der Waals surface area contributed by atoms with Gasteiger partial charge < -0.3 is 4.74 Å². The summed E-state index contributed by atoms with van der Waals surface area (Å²) < 4.78 is 6.59. The summed E-state index contributed by atoms with van der Waals surface area (Å²) in [6.07, 6.45) is 0. The van der Waals surface area contributed by atoms with Gasteiger partial charge in [-0.2, -0.15) is 0 Å². The molecule has 0 saturated carbocycles. The van der Waals surface area contributed by atoms with E-state index in [0.29, 0.717) is 5.82 Å². The monoisotopic (exact) mass is 676 g/mol. The van der Waals surface area contributed by atoms with Gasteiger partial charge in [0.05, 0.1) is 11.4 Å². The van der Waals surface area contributed by atoms with E-state index in [0.717, 1.165) is 72.8 Å². The lowest BCUT2D eigenvalue weighted by molar-refractivity contribution is 0.487. The highest BCUT2D eigenvalue weighted by molar-refractivity contribution is 6.04. The van der Waals surface area contributed by atoms with Crippen molar-refractivity contribution in [3.8, 4) is 89.9 Å². The maximum atomic E-state index is 6.59. The summed E-state index contributed by atoms with van der Waals surface area (Å²) >= 11 is 0. The molecular weight excluding hydrogens is 645 g/mol. The van der Waals surface area contributed by atoms with E-state index in [1.165, 1.54) is 22.1 Å². The third-order valence-electron chi connectivity index (χ3n) is 10.1. The van der Waals surface area contributed by atoms with E-state index in [-0.39, 0.29) is 0 Å². The Bertz CT molecular complexity index is 2770. The van der Waals surface area contributed by atoms with Crippen molar-refractivity contribution in [1.82, 2.24) is 9.97 Å². The van der Waals surface area contributed by atoms with Gasteiger partial charge in [-0.1, -0.05) is 152 Å². The Morgan fingerprint density at radius 2 is 0.830 bits per heavy atom. The summed E-state index contributed by atoms with van der Waals surface area (Å²) in [5.41, 5.74) is 13.8. The molecule has 0 fully saturated rings. The fraction of sp³-hybridized carbons (Fsp3) is 0. The largest absolute Gasteiger partial charge is 0.456 e. The van der Waals surface area contributed by atoms with Gasteiger partial charge in [-0.25, -0.2) is 9.97 Å². The molecule has 0 N–H and O–H groups in total. The topological polar surface area (TPSA) is 35.0 Å². The van der Waals surface area contributed by atoms with Crippen LogP contribution in [0.15, 0.2) is 194 Å². The van der Waals surface area contributed by atoms with E-state index >= 15 is 0 Å². The average molecular weight is 677 g/mol. The van der Waals surface area contributed by atoms with Crippen molar-refractivity contribution in [1.29, 1.82) is 0 Å². The zero-order valence-corrected chi connectivity index (χ0v) is 28.8. The van der Waals surface area contributed by atoms with Crippen LogP contribution in [0.5, 0.6) is 11.5 Å². The standard InChI is InChI=1S/C50H32N2O/c1-4-12-33(13-5-1)35-22-24-36(25-23-35)45-32-46(52-50(51-45)38-16-8-3-9-17-38)42-29-40(34-14-6-2-7-15-34)28-41(30-42)39-26-27-43-44-20-10-18-37-19-11-21-47(49(37)44)53-48(43)31-39/h1-32H. The highest BCUT2D eigenvalue weighted by atomic mass is 16.5. The molecule has 3 nitrogen and oxygen atoms in total. The number of benzene rings is 8. The first-order valence-corrected chi connectivity index (χ1v) is 17.9. The third kappa shape index (κ3) is 5.75. The van der Waals surface area contributed by atoms with E-state index < -0.39 is 0 Å². The molecule has 0 saturated heterocycles. The minimum absolute atomic E-state index is 0.687. The molecule has 0 unspecified atom stereocenters. The molecule has 0 atom stereocenters. The molecule has 10 rings (SSSR count). The molecule has 0 aliphatic carbocycles. The molecular formula is C50H32N2O. The highest BCUT2D eigenvalue weighted by Crippen LogP contribution is 2.48. The van der Waals surface area contributed by atoms with Gasteiger partial charge in [-0.05, 0) is 86.8 Å². The van der Waals surface area contributed by atoms with Crippen LogP contribution in [0.25, 0.3) is 89.2 Å². The molecule has 0 amide bonds. The Hall–Kier alpha value is -7.10. The van der Waals surface area contributed by atoms with Gasteiger partial charge in [-0.15, -0.1) is 0 Å². The summed E-state index contributed by atoms with van der Waals surface area (Å²) in [5.74, 6) is 2.43. The molecule has 1 aromatic heterocycles. The number of fused-ring (bicyclic) bond motifs is 2. The summed E-state index contributed by atoms with van der Waals surface area (Å²) in [6.45, 7) is 0. The lowest BCUT2D eigenvalue weighted by Crippen LogP contribution is -1.98. The van der Waals surface area contributed by atoms with Crippen LogP contribution in [0, 0.1) is 0 Å². The summed E-state index contributed by atoms with van der Waals surface area (Å²) in [7, 11) is 0. The SMILES string of the molecule is c1ccc(-c2ccc(-c3cc(-c4cc(-c5ccccc5)cc(-c5ccc6c(c5)Oc5cccc7cccc-6c57)c4)nc(-c4ccccc4)n3)cc2)cc1. The van der Waals surface area contributed by atoms with Crippen LogP contribution in [-0.2, 0) is 0 Å². The van der Waals surface area contributed by atoms with E-state index in [1.807, 2.05) is 24.3 Å². The lowest BCUT2D eigenvalue weighted by Gasteiger charge is -2.22. The minimum atomic E-state index is 0.687. The average Bonchev–Trinajstić information content (AvgIpc) is 3.24. The number of aromatic nitrogens is 2. The Labute approximate surface area is 308 Å². The maximum Gasteiger partial charge on any atom is 0.160 e. The van der Waals surface area contributed by atoms with Crippen molar-refractivity contribution >= 4 is 10.8 Å². The molecule has 0 bridgehead atoms. The van der Waals surface area contributed by atoms with Crippen molar-refractivity contribution in [2.45, 2.75) is 0 Å². The Kier molecular flexibility index (Phi) is 7.47. The second kappa shape index (κ2) is 12.9. The molecule has 8 aromatic carbocycles. The van der Waals surface area contributed by atoms with Crippen LogP contribution < -0.4 is 4.74 Å². The summed E-state index contributed by atoms with van der Waals surface area (Å²) in [5, 5.41) is 2.34. The molecule has 1 aliphatic rings. The molecule has 248 valence electrons. The molecule has 2 heterocycles. The number of nitrogens with zero attached hydrogens (tertiary/aromatic N) is 2. The number of ether oxygens (including phenoxy) is 1. The van der Waals surface area contributed by atoms with Gasteiger partial charge in [0, 0.05) is 27.6 Å². The van der Waals surface area contributed by atoms with Crippen molar-refractivity contribution in [2.75, 3.05) is 0 Å². The van der Waals surface area contributed by atoms with Crippen LogP contribution in [-0.4, -0.2) is 9.97 Å². The van der Waals surface area contributed by atoms with Crippen LogP contribution in [0.3, 0.4) is 0 Å². The molecule has 0 spiro atoms. The predicted molar refractivity (Wildman–Crippen MR) is 218 cm³/mol. The zero-order chi connectivity index (χ0) is 35.1. The number of hydrogen-bond acceptors (Lipinski definition) is 3. The molecule has 53 heavy (non-hydrogen) atoms. The quantitative estimate of drug-likeness (QED) is 0.176. The van der Waals surface area contributed by atoms with Crippen molar-refractivity contribution in [3.05, 3.63) is 194 Å². The van der Waals surface area contributed by atoms with Gasteiger partial charge in [0.2, 0.25) is 0 Å². The van der Waals surface area contributed by atoms with Gasteiger partial charge in [0.25, 0.3) is 0 Å². The lowest BCUT2D eigenvalue weighted by atomic mass is 9.91. The van der Waals surface area contributed by atoms with Crippen LogP contribution in [0.4, 0.5) is 0 Å². The molecule has 3 heteroatoms. The second-order valence-corrected chi connectivity index (χ2v) is 13.4. The first-order chi connectivity index (χ1) is 26.2. The van der Waals surface area contributed by atoms with Gasteiger partial charge in [0.1, 0.15) is 11.5 Å². The van der Waals surface area contributed by atoms with Gasteiger partial charge in [0.15, 0.2) is 5.82 Å². The zero-order valence-electron chi connectivity index (χ0n) is 28.8. The van der Waals surface area contributed by atoms with E-state index in [9.17, 15) is 0 Å². The van der Waals surface area contributed by atoms with Gasteiger partial charge in [-0.3, -0.25) is 0 Å². The van der Waals surface area contributed by atoms with Crippen LogP contribution in [0.1, 0.15) is 0 Å². The Morgan fingerprint density at radius 1 is 0.302 bits per heavy atom. The Balaban J connectivity index is 1.12. The predicted octanol–water partition coefficient (Wildman–Crippen LogP) is 13.4. The second-order valence-electron chi connectivity index (χ2n) is 13.4. The third-order valence-corrected chi connectivity index (χ3v) is 10.1. The van der Waals surface area contributed by atoms with E-state index in [2.05, 4.69) is 170 Å². The first-order valence-electron chi connectivity index (χ1n) is 17.9. The number of rotatable bonds is 6. The summed E-state index contributed by atoms with van der Waals surface area (Å²) in [6, 6.07) is 68.0. The van der Waals surface area contributed by atoms with Crippen molar-refractivity contribution in [3.63, 3.8) is 0 Å². The highest BCUT2D eigenvalue weighted by Gasteiger charge is 2.21. The van der Waals surface area contributed by atoms with E-state index in [4.69, 9.17) is 14.7 Å². The van der Waals surface area contributed by atoms with E-state index in [1.54, 1.807) is 0 Å². The fourth-order valence-electron chi connectivity index (χ4n) is 7.41. The molecule has 9 aromatic rings. The van der Waals surface area contributed by atoms with Crippen molar-refractivity contribution in [2.24, 2.45) is 0 Å². The normalized spacial score (nSPS) is 11.5. The maximum absolute atomic E-state index is 6.59. The first kappa shape index (κ1) is 30.7. The van der Waals surface area contributed by atoms with Gasteiger partial charge >= 0.3 is 0 Å². The van der Waals surface area contributed by atoms with Crippen LogP contribution >= 0.6 is 0 Å². The fourth-order valence-corrected chi connectivity index (χ4v) is 7.41. The summed E-state index contributed by atoms with van der Waals surface area (Å²) in [4.78, 5) is 10.3. The Morgan fingerprint density at radius 3 is 1.53 bits per heavy atom. The minimum Gasteiger partial charge on any atom is -0.456 e. The number of hydrogen-bond donors (Lipinski definition) is 0. The smallest absolute Gasteiger partial charge is 0.160 e.